The summed E-state index contributed by atoms with van der Waals surface area (Å²) in [5.41, 5.74) is -1.47. The summed E-state index contributed by atoms with van der Waals surface area (Å²) in [6.45, 7) is 0.246. The van der Waals surface area contributed by atoms with E-state index in [2.05, 4.69) is 10.1 Å². The number of imidazole rings is 1. The molecule has 12 heteroatoms. The Morgan fingerprint density at radius 1 is 1.05 bits per heavy atom. The number of hydrogen-bond acceptors (Lipinski definition) is 4. The summed E-state index contributed by atoms with van der Waals surface area (Å²) in [5.74, 6) is -2.17. The van der Waals surface area contributed by atoms with Crippen molar-refractivity contribution in [2.24, 2.45) is 5.92 Å². The first-order chi connectivity index (χ1) is 18.0. The van der Waals surface area contributed by atoms with Gasteiger partial charge in [-0.2, -0.15) is 18.3 Å². The highest BCUT2D eigenvalue weighted by Crippen LogP contribution is 2.36. The molecule has 2 heterocycles. The molecule has 0 aliphatic carbocycles. The maximum atomic E-state index is 14.7. The third-order valence-corrected chi connectivity index (χ3v) is 6.25. The average Bonchev–Trinajstić information content (AvgIpc) is 3.48. The summed E-state index contributed by atoms with van der Waals surface area (Å²) in [6.07, 6.45) is 4.36. The molecule has 1 N–H and O–H groups in total. The molecule has 0 radical (unpaired) electrons. The fourth-order valence-electron chi connectivity index (χ4n) is 4.18. The summed E-state index contributed by atoms with van der Waals surface area (Å²) < 4.78 is 69.1. The van der Waals surface area contributed by atoms with Crippen LogP contribution in [-0.4, -0.2) is 35.2 Å². The van der Waals surface area contributed by atoms with Crippen molar-refractivity contribution >= 4 is 6.08 Å². The van der Waals surface area contributed by atoms with Gasteiger partial charge in [0.15, 0.2) is 0 Å². The van der Waals surface area contributed by atoms with Crippen LogP contribution in [0.3, 0.4) is 0 Å². The summed E-state index contributed by atoms with van der Waals surface area (Å²) in [6, 6.07) is 9.57. The van der Waals surface area contributed by atoms with Gasteiger partial charge in [0.1, 0.15) is 36.4 Å². The van der Waals surface area contributed by atoms with E-state index in [1.807, 2.05) is 0 Å². The molecule has 0 bridgehead atoms. The van der Waals surface area contributed by atoms with Crippen LogP contribution in [0.4, 0.5) is 22.0 Å². The van der Waals surface area contributed by atoms with Crippen molar-refractivity contribution < 1.29 is 27.1 Å². The van der Waals surface area contributed by atoms with Gasteiger partial charge < -0.3 is 5.11 Å². The molecule has 2 aromatic carbocycles. The molecule has 0 aliphatic heterocycles. The molecule has 200 valence electrons. The predicted octanol–water partition coefficient (Wildman–Crippen LogP) is 4.70. The number of aliphatic hydroxyl groups is 1. The predicted molar refractivity (Wildman–Crippen MR) is 129 cm³/mol. The fourth-order valence-corrected chi connectivity index (χ4v) is 4.18. The summed E-state index contributed by atoms with van der Waals surface area (Å²) >= 11 is 0. The van der Waals surface area contributed by atoms with Gasteiger partial charge in [0.05, 0.1) is 12.2 Å². The van der Waals surface area contributed by atoms with Crippen LogP contribution in [0.25, 0.3) is 11.8 Å². The van der Waals surface area contributed by atoms with E-state index in [4.69, 9.17) is 0 Å². The largest absolute Gasteiger partial charge is 0.406 e. The molecule has 0 saturated carbocycles. The quantitative estimate of drug-likeness (QED) is 0.317. The smallest absolute Gasteiger partial charge is 0.383 e. The highest BCUT2D eigenvalue weighted by molar-refractivity contribution is 5.51. The topological polar surface area (TPSA) is 77.9 Å². The second-order valence-corrected chi connectivity index (χ2v) is 8.97. The first kappa shape index (κ1) is 27.0. The van der Waals surface area contributed by atoms with Crippen molar-refractivity contribution in [3.63, 3.8) is 0 Å². The molecule has 0 aliphatic rings. The first-order valence-electron chi connectivity index (χ1n) is 11.6. The first-order valence-corrected chi connectivity index (χ1v) is 11.6. The van der Waals surface area contributed by atoms with Gasteiger partial charge in [-0.15, -0.1) is 0 Å². The Hall–Kier alpha value is -4.06. The van der Waals surface area contributed by atoms with E-state index >= 15 is 0 Å². The molecule has 0 spiro atoms. The zero-order valence-electron chi connectivity index (χ0n) is 20.2. The van der Waals surface area contributed by atoms with Gasteiger partial charge in [0.2, 0.25) is 0 Å². The van der Waals surface area contributed by atoms with E-state index in [0.717, 1.165) is 22.4 Å². The third kappa shape index (κ3) is 6.08. The summed E-state index contributed by atoms with van der Waals surface area (Å²) in [7, 11) is 0. The highest BCUT2D eigenvalue weighted by Gasteiger charge is 2.38. The van der Waals surface area contributed by atoms with Crippen LogP contribution in [0, 0.1) is 17.6 Å². The normalized spacial score (nSPS) is 14.6. The van der Waals surface area contributed by atoms with E-state index < -0.39 is 41.6 Å². The molecule has 0 saturated heterocycles. The second kappa shape index (κ2) is 10.7. The van der Waals surface area contributed by atoms with Gasteiger partial charge >= 0.3 is 11.9 Å². The highest BCUT2D eigenvalue weighted by atomic mass is 19.4. The Bertz CT molecular complexity index is 1460. The molecule has 0 amide bonds. The number of alkyl halides is 3. The van der Waals surface area contributed by atoms with Gasteiger partial charge in [0.25, 0.3) is 0 Å². The lowest BCUT2D eigenvalue weighted by molar-refractivity contribution is -0.141. The molecular weight excluding hydrogens is 509 g/mol. The molecule has 0 fully saturated rings. The SMILES string of the molecule is C[C@@H](C/C=C/c1ccc(-n2ccn(CC(F)(F)F)c2=O)cc1)[C@](O)(Cn1cncn1)c1ccc(F)cc1F. The van der Waals surface area contributed by atoms with Crippen molar-refractivity contribution in [3.05, 3.63) is 107 Å². The minimum atomic E-state index is -4.51. The van der Waals surface area contributed by atoms with Gasteiger partial charge in [-0.1, -0.05) is 37.3 Å². The summed E-state index contributed by atoms with van der Waals surface area (Å²) in [4.78, 5) is 16.1. The van der Waals surface area contributed by atoms with E-state index in [0.29, 0.717) is 22.7 Å². The van der Waals surface area contributed by atoms with Crippen LogP contribution < -0.4 is 5.69 Å². The zero-order chi connectivity index (χ0) is 27.5. The summed E-state index contributed by atoms with van der Waals surface area (Å²) in [5, 5.41) is 15.6. The third-order valence-electron chi connectivity index (χ3n) is 6.25. The number of hydrogen-bond donors (Lipinski definition) is 1. The fraction of sp³-hybridized carbons (Fsp3) is 0.269. The van der Waals surface area contributed by atoms with E-state index in [1.165, 1.54) is 29.6 Å². The van der Waals surface area contributed by atoms with Crippen molar-refractivity contribution in [2.75, 3.05) is 0 Å². The maximum absolute atomic E-state index is 14.7. The lowest BCUT2D eigenvalue weighted by atomic mass is 9.80. The molecule has 4 aromatic rings. The van der Waals surface area contributed by atoms with Crippen molar-refractivity contribution in [1.82, 2.24) is 23.9 Å². The Morgan fingerprint density at radius 3 is 2.42 bits per heavy atom. The lowest BCUT2D eigenvalue weighted by Gasteiger charge is -2.34. The standard InChI is InChI=1S/C26H24F5N5O2/c1-18(25(38,14-35-17-32-16-33-35)22-10-7-20(27)13-23(22)28)3-2-4-19-5-8-21(9-6-19)36-12-11-34(24(36)37)15-26(29,30)31/h2,4-13,16-18,38H,3,14-15H2,1H3/b4-2+/t18-,25+/m0/s1. The van der Waals surface area contributed by atoms with Gasteiger partial charge in [0, 0.05) is 24.0 Å². The molecule has 2 atom stereocenters. The Morgan fingerprint density at radius 2 is 1.79 bits per heavy atom. The van der Waals surface area contributed by atoms with Crippen molar-refractivity contribution in [3.8, 4) is 5.69 Å². The van der Waals surface area contributed by atoms with E-state index in [-0.39, 0.29) is 12.1 Å². The minimum absolute atomic E-state index is 0.0671. The van der Waals surface area contributed by atoms with Crippen LogP contribution in [0.5, 0.6) is 0 Å². The Balaban J connectivity index is 1.49. The van der Waals surface area contributed by atoms with Gasteiger partial charge in [-0.05, 0) is 36.1 Å². The van der Waals surface area contributed by atoms with Crippen LogP contribution in [0.1, 0.15) is 24.5 Å². The number of nitrogens with zero attached hydrogens (tertiary/aromatic N) is 5. The Labute approximate surface area is 214 Å². The molecular formula is C26H24F5N5O2. The number of rotatable bonds is 9. The second-order valence-electron chi connectivity index (χ2n) is 8.97. The number of allylic oxidation sites excluding steroid dienone is 1. The number of benzene rings is 2. The van der Waals surface area contributed by atoms with Crippen molar-refractivity contribution in [1.29, 1.82) is 0 Å². The van der Waals surface area contributed by atoms with Gasteiger partial charge in [-0.25, -0.2) is 23.2 Å². The Kier molecular flexibility index (Phi) is 7.63. The molecule has 2 aromatic heterocycles. The maximum Gasteiger partial charge on any atom is 0.406 e. The van der Waals surface area contributed by atoms with Crippen LogP contribution in [-0.2, 0) is 18.7 Å². The van der Waals surface area contributed by atoms with Crippen LogP contribution >= 0.6 is 0 Å². The number of halogens is 5. The van der Waals surface area contributed by atoms with Gasteiger partial charge in [-0.3, -0.25) is 9.13 Å². The van der Waals surface area contributed by atoms with Crippen LogP contribution in [0.15, 0.2) is 78.4 Å². The van der Waals surface area contributed by atoms with E-state index in [1.54, 1.807) is 43.3 Å². The van der Waals surface area contributed by atoms with Crippen molar-refractivity contribution in [2.45, 2.75) is 38.2 Å². The monoisotopic (exact) mass is 533 g/mol. The molecule has 38 heavy (non-hydrogen) atoms. The molecule has 7 nitrogen and oxygen atoms in total. The average molecular weight is 534 g/mol. The molecule has 0 unspecified atom stereocenters. The molecule has 4 rings (SSSR count). The zero-order valence-corrected chi connectivity index (χ0v) is 20.2. The minimum Gasteiger partial charge on any atom is -0.383 e. The van der Waals surface area contributed by atoms with E-state index in [9.17, 15) is 31.9 Å². The lowest BCUT2D eigenvalue weighted by Crippen LogP contribution is -2.39. The number of aromatic nitrogens is 5. The van der Waals surface area contributed by atoms with Crippen LogP contribution in [0.2, 0.25) is 0 Å².